The van der Waals surface area contributed by atoms with Crippen LogP contribution < -0.4 is 0 Å². The van der Waals surface area contributed by atoms with Crippen molar-refractivity contribution in [1.82, 2.24) is 9.88 Å². The molecule has 0 aliphatic heterocycles. The molecule has 3 heteroatoms. The van der Waals surface area contributed by atoms with Crippen LogP contribution in [0, 0.1) is 0 Å². The summed E-state index contributed by atoms with van der Waals surface area (Å²) in [5.74, 6) is 0.0926. The lowest BCUT2D eigenvalue weighted by Crippen LogP contribution is -2.17. The maximum Gasteiger partial charge on any atom is 0.218 e. The third kappa shape index (κ3) is 3.23. The number of amides is 1. The number of rotatable bonds is 0. The number of benzene rings is 1. The van der Waals surface area contributed by atoms with Gasteiger partial charge in [0.15, 0.2) is 0 Å². The van der Waals surface area contributed by atoms with E-state index in [1.54, 1.807) is 14.1 Å². The third-order valence-corrected chi connectivity index (χ3v) is 3.46. The number of carbonyl (C=O) groups is 1. The summed E-state index contributed by atoms with van der Waals surface area (Å²) in [7, 11) is 3.45. The van der Waals surface area contributed by atoms with Crippen molar-refractivity contribution < 1.29 is 4.79 Å². The average molecular weight is 268 g/mol. The van der Waals surface area contributed by atoms with E-state index in [2.05, 4.69) is 35.3 Å². The Morgan fingerprint density at radius 1 is 1.05 bits per heavy atom. The van der Waals surface area contributed by atoms with E-state index >= 15 is 0 Å². The normalized spacial score (nSPS) is 11.6. The first-order valence-electron chi connectivity index (χ1n) is 6.79. The fraction of sp³-hybridized carbons (Fsp3) is 0.294. The van der Waals surface area contributed by atoms with Crippen molar-refractivity contribution in [2.45, 2.75) is 19.8 Å². The van der Waals surface area contributed by atoms with Crippen LogP contribution in [0.3, 0.4) is 0 Å². The van der Waals surface area contributed by atoms with Gasteiger partial charge in [-0.25, -0.2) is 0 Å². The Hall–Kier alpha value is -2.16. The number of carbonyl (C=O) groups excluding carboxylic acids is 1. The molecular formula is C17H20N2O. The molecule has 2 aromatic rings. The molecule has 1 amide bonds. The van der Waals surface area contributed by atoms with E-state index in [1.807, 2.05) is 12.3 Å². The van der Waals surface area contributed by atoms with Crippen molar-refractivity contribution in [3.05, 3.63) is 53.9 Å². The highest BCUT2D eigenvalue weighted by molar-refractivity contribution is 5.72. The second kappa shape index (κ2) is 6.33. The number of fused-ring (bicyclic) bond motifs is 3. The average Bonchev–Trinajstić information content (AvgIpc) is 2.47. The first-order valence-corrected chi connectivity index (χ1v) is 6.79. The molecule has 3 rings (SSSR count). The Balaban J connectivity index is 0.000000212. The molecule has 1 aliphatic rings. The fourth-order valence-corrected chi connectivity index (χ4v) is 2.14. The summed E-state index contributed by atoms with van der Waals surface area (Å²) in [6, 6.07) is 12.8. The lowest BCUT2D eigenvalue weighted by molar-refractivity contribution is -0.126. The predicted molar refractivity (Wildman–Crippen MR) is 81.4 cm³/mol. The molecule has 0 bridgehead atoms. The zero-order valence-electron chi connectivity index (χ0n) is 12.3. The van der Waals surface area contributed by atoms with E-state index in [9.17, 15) is 4.79 Å². The zero-order valence-corrected chi connectivity index (χ0v) is 12.3. The van der Waals surface area contributed by atoms with Gasteiger partial charge in [0, 0.05) is 38.5 Å². The maximum atomic E-state index is 10.1. The molecule has 20 heavy (non-hydrogen) atoms. The minimum Gasteiger partial charge on any atom is -0.349 e. The molecule has 0 N–H and O–H groups in total. The Morgan fingerprint density at radius 3 is 2.40 bits per heavy atom. The summed E-state index contributed by atoms with van der Waals surface area (Å²) in [6.07, 6.45) is 4.08. The Bertz CT molecular complexity index is 560. The molecule has 0 radical (unpaired) electrons. The quantitative estimate of drug-likeness (QED) is 0.736. The van der Waals surface area contributed by atoms with Gasteiger partial charge < -0.3 is 4.90 Å². The lowest BCUT2D eigenvalue weighted by Gasteiger charge is -2.17. The van der Waals surface area contributed by atoms with Gasteiger partial charge in [-0.15, -0.1) is 0 Å². The van der Waals surface area contributed by atoms with Gasteiger partial charge in [0.2, 0.25) is 5.91 Å². The number of nitrogens with zero attached hydrogens (tertiary/aromatic N) is 2. The number of aromatic nitrogens is 1. The minimum absolute atomic E-state index is 0.0926. The van der Waals surface area contributed by atoms with Crippen molar-refractivity contribution in [3.63, 3.8) is 0 Å². The standard InChI is InChI=1S/C13H11N.C4H9NO/c1-2-5-11-10(4-1)7-8-13-12(11)6-3-9-14-13;1-4(6)5(2)3/h1-6,9H,7-8H2;1-3H3. The third-order valence-electron chi connectivity index (χ3n) is 3.46. The van der Waals surface area contributed by atoms with E-state index in [0.717, 1.165) is 12.8 Å². The molecule has 0 spiro atoms. The van der Waals surface area contributed by atoms with E-state index in [1.165, 1.54) is 34.2 Å². The molecule has 0 saturated carbocycles. The number of aryl methyl sites for hydroxylation is 2. The van der Waals surface area contributed by atoms with E-state index in [0.29, 0.717) is 0 Å². The largest absolute Gasteiger partial charge is 0.349 e. The van der Waals surface area contributed by atoms with Gasteiger partial charge in [0.05, 0.1) is 0 Å². The summed E-state index contributed by atoms with van der Waals surface area (Å²) in [4.78, 5) is 16.0. The van der Waals surface area contributed by atoms with Crippen LogP contribution in [0.2, 0.25) is 0 Å². The topological polar surface area (TPSA) is 33.2 Å². The molecule has 0 atom stereocenters. The van der Waals surface area contributed by atoms with Crippen LogP contribution in [0.15, 0.2) is 42.6 Å². The van der Waals surface area contributed by atoms with E-state index < -0.39 is 0 Å². The van der Waals surface area contributed by atoms with Crippen molar-refractivity contribution in [2.24, 2.45) is 0 Å². The second-order valence-corrected chi connectivity index (χ2v) is 5.07. The van der Waals surface area contributed by atoms with Gasteiger partial charge in [-0.3, -0.25) is 9.78 Å². The van der Waals surface area contributed by atoms with Gasteiger partial charge in [0.25, 0.3) is 0 Å². The molecule has 104 valence electrons. The Morgan fingerprint density at radius 2 is 1.70 bits per heavy atom. The maximum absolute atomic E-state index is 10.1. The lowest BCUT2D eigenvalue weighted by atomic mass is 9.89. The first-order chi connectivity index (χ1) is 9.59. The summed E-state index contributed by atoms with van der Waals surface area (Å²) in [5.41, 5.74) is 5.37. The molecule has 1 aromatic heterocycles. The monoisotopic (exact) mass is 268 g/mol. The van der Waals surface area contributed by atoms with Crippen molar-refractivity contribution >= 4 is 5.91 Å². The Labute approximate surface area is 120 Å². The highest BCUT2D eigenvalue weighted by Gasteiger charge is 2.14. The molecule has 1 aromatic carbocycles. The molecule has 3 nitrogen and oxygen atoms in total. The van der Waals surface area contributed by atoms with Gasteiger partial charge in [0.1, 0.15) is 0 Å². The van der Waals surface area contributed by atoms with Crippen LogP contribution in [0.25, 0.3) is 11.1 Å². The second-order valence-electron chi connectivity index (χ2n) is 5.07. The van der Waals surface area contributed by atoms with Crippen LogP contribution in [-0.2, 0) is 17.6 Å². The zero-order chi connectivity index (χ0) is 14.5. The minimum atomic E-state index is 0.0926. The van der Waals surface area contributed by atoms with Crippen molar-refractivity contribution in [1.29, 1.82) is 0 Å². The molecule has 0 fully saturated rings. The highest BCUT2D eigenvalue weighted by Crippen LogP contribution is 2.31. The summed E-state index contributed by atoms with van der Waals surface area (Å²) < 4.78 is 0. The molecule has 0 saturated heterocycles. The molecular weight excluding hydrogens is 248 g/mol. The van der Waals surface area contributed by atoms with Crippen molar-refractivity contribution in [3.8, 4) is 11.1 Å². The van der Waals surface area contributed by atoms with Crippen LogP contribution in [0.1, 0.15) is 18.2 Å². The number of hydrogen-bond acceptors (Lipinski definition) is 2. The SMILES string of the molecule is CC(=O)N(C)C.c1ccc2c(c1)CCc1ncccc1-2. The van der Waals surface area contributed by atoms with E-state index in [4.69, 9.17) is 0 Å². The van der Waals surface area contributed by atoms with Crippen LogP contribution in [0.4, 0.5) is 0 Å². The van der Waals surface area contributed by atoms with Crippen molar-refractivity contribution in [2.75, 3.05) is 14.1 Å². The van der Waals surface area contributed by atoms with Gasteiger partial charge in [-0.2, -0.15) is 0 Å². The van der Waals surface area contributed by atoms with Gasteiger partial charge >= 0.3 is 0 Å². The van der Waals surface area contributed by atoms with Crippen LogP contribution >= 0.6 is 0 Å². The highest BCUT2D eigenvalue weighted by atomic mass is 16.2. The summed E-state index contributed by atoms with van der Waals surface area (Å²) in [5, 5.41) is 0. The molecule has 1 heterocycles. The van der Waals surface area contributed by atoms with Crippen LogP contribution in [-0.4, -0.2) is 29.9 Å². The predicted octanol–water partition coefficient (Wildman–Crippen LogP) is 2.94. The molecule has 0 unspecified atom stereocenters. The summed E-state index contributed by atoms with van der Waals surface area (Å²) >= 11 is 0. The Kier molecular flexibility index (Phi) is 4.51. The number of pyridine rings is 1. The first kappa shape index (κ1) is 14.3. The van der Waals surface area contributed by atoms with Gasteiger partial charge in [-0.1, -0.05) is 30.3 Å². The molecule has 1 aliphatic carbocycles. The smallest absolute Gasteiger partial charge is 0.218 e. The van der Waals surface area contributed by atoms with E-state index in [-0.39, 0.29) is 5.91 Å². The summed E-state index contributed by atoms with van der Waals surface area (Å²) in [6.45, 7) is 1.53. The van der Waals surface area contributed by atoms with Crippen LogP contribution in [0.5, 0.6) is 0 Å². The number of hydrogen-bond donors (Lipinski definition) is 0. The fourth-order valence-electron chi connectivity index (χ4n) is 2.14. The van der Waals surface area contributed by atoms with Gasteiger partial charge in [-0.05, 0) is 30.0 Å².